The Hall–Kier alpha value is -2.99. The number of hydrogen-bond acceptors (Lipinski definition) is 6. The average Bonchev–Trinajstić information content (AvgIpc) is 3.13. The van der Waals surface area contributed by atoms with Crippen molar-refractivity contribution in [2.24, 2.45) is 0 Å². The van der Waals surface area contributed by atoms with Crippen molar-refractivity contribution in [3.8, 4) is 0 Å². The smallest absolute Gasteiger partial charge is 0.0896 e. The summed E-state index contributed by atoms with van der Waals surface area (Å²) in [7, 11) is 0. The Labute approximate surface area is 190 Å². The Morgan fingerprint density at radius 3 is 1.06 bits per heavy atom. The largest absolute Gasteiger partial charge is 0.261 e. The molecule has 4 aromatic rings. The van der Waals surface area contributed by atoms with E-state index in [0.717, 1.165) is 27.8 Å². The van der Waals surface area contributed by atoms with Crippen molar-refractivity contribution in [1.82, 2.24) is 24.9 Å². The molecule has 0 N–H and O–H groups in total. The molecule has 0 radical (unpaired) electrons. The molecule has 0 bridgehead atoms. The molecule has 6 heteroatoms. The summed E-state index contributed by atoms with van der Waals surface area (Å²) in [4.78, 5) is 21.5. The van der Waals surface area contributed by atoms with Gasteiger partial charge in [0.25, 0.3) is 0 Å². The maximum atomic E-state index is 4.08. The van der Waals surface area contributed by atoms with Crippen molar-refractivity contribution in [1.29, 1.82) is 0 Å². The summed E-state index contributed by atoms with van der Waals surface area (Å²) in [6.45, 7) is 16.0. The molecule has 4 aromatic heterocycles. The van der Waals surface area contributed by atoms with E-state index >= 15 is 0 Å². The van der Waals surface area contributed by atoms with Gasteiger partial charge in [0.15, 0.2) is 0 Å². The summed E-state index contributed by atoms with van der Waals surface area (Å²) in [5, 5.41) is 1.15. The van der Waals surface area contributed by atoms with Crippen LogP contribution in [0.4, 0.5) is 0 Å². The predicted octanol–water partition coefficient (Wildman–Crippen LogP) is 6.25. The number of pyridine rings is 2. The first kappa shape index (κ1) is 26.0. The average molecular weight is 436 g/mol. The zero-order valence-corrected chi connectivity index (χ0v) is 20.7. The molecule has 4 rings (SSSR count). The van der Waals surface area contributed by atoms with Gasteiger partial charge in [-0.1, -0.05) is 12.1 Å². The predicted molar refractivity (Wildman–Crippen MR) is 131 cm³/mol. The van der Waals surface area contributed by atoms with Crippen LogP contribution in [0.1, 0.15) is 43.8 Å². The van der Waals surface area contributed by atoms with E-state index in [4.69, 9.17) is 0 Å². The van der Waals surface area contributed by atoms with Gasteiger partial charge in [0.2, 0.25) is 0 Å². The monoisotopic (exact) mass is 435 g/mol. The summed E-state index contributed by atoms with van der Waals surface area (Å²) < 4.78 is 0. The fourth-order valence-electron chi connectivity index (χ4n) is 2.01. The quantitative estimate of drug-likeness (QED) is 0.327. The lowest BCUT2D eigenvalue weighted by molar-refractivity contribution is 1.06. The Kier molecular flexibility index (Phi) is 11.8. The normalized spacial score (nSPS) is 9.29. The first-order valence-corrected chi connectivity index (χ1v) is 10.9. The van der Waals surface area contributed by atoms with Crippen LogP contribution in [0.5, 0.6) is 0 Å². The summed E-state index contributed by atoms with van der Waals surface area (Å²) in [6, 6.07) is 8.13. The van der Waals surface area contributed by atoms with E-state index in [1.165, 1.54) is 16.0 Å². The molecule has 4 heterocycles. The number of aromatic nitrogens is 5. The van der Waals surface area contributed by atoms with Crippen molar-refractivity contribution in [3.63, 3.8) is 0 Å². The molecule has 0 aromatic carbocycles. The summed E-state index contributed by atoms with van der Waals surface area (Å²) in [5.41, 5.74) is 6.53. The number of nitrogens with zero attached hydrogens (tertiary/aromatic N) is 5. The molecule has 31 heavy (non-hydrogen) atoms. The van der Waals surface area contributed by atoms with E-state index < -0.39 is 0 Å². The molecule has 5 nitrogen and oxygen atoms in total. The molecular formula is C25H33N5S. The first-order chi connectivity index (χ1) is 14.7. The van der Waals surface area contributed by atoms with Crippen LogP contribution in [0.25, 0.3) is 0 Å². The van der Waals surface area contributed by atoms with Gasteiger partial charge in [-0.2, -0.15) is 0 Å². The lowest BCUT2D eigenvalue weighted by Gasteiger charge is -1.89. The summed E-state index contributed by atoms with van der Waals surface area (Å²) in [5.74, 6) is 0. The van der Waals surface area contributed by atoms with Crippen LogP contribution in [0.2, 0.25) is 0 Å². The highest BCUT2D eigenvalue weighted by atomic mass is 32.1. The van der Waals surface area contributed by atoms with Crippen LogP contribution in [0.3, 0.4) is 0 Å². The molecule has 0 aliphatic rings. The van der Waals surface area contributed by atoms with E-state index in [-0.39, 0.29) is 0 Å². The van der Waals surface area contributed by atoms with Crippen LogP contribution in [-0.4, -0.2) is 24.9 Å². The van der Waals surface area contributed by atoms with Crippen molar-refractivity contribution < 1.29 is 0 Å². The molecule has 0 amide bonds. The van der Waals surface area contributed by atoms with Gasteiger partial charge in [0.05, 0.1) is 16.4 Å². The van der Waals surface area contributed by atoms with E-state index in [0.29, 0.717) is 0 Å². The summed E-state index contributed by atoms with van der Waals surface area (Å²) in [6.07, 6.45) is 9.15. The lowest BCUT2D eigenvalue weighted by atomic mass is 10.3. The Bertz CT molecular complexity index is 809. The van der Waals surface area contributed by atoms with E-state index in [2.05, 4.69) is 44.0 Å². The second-order valence-electron chi connectivity index (χ2n) is 7.24. The molecule has 0 fully saturated rings. The first-order valence-electron chi connectivity index (χ1n) is 10.1. The van der Waals surface area contributed by atoms with Crippen molar-refractivity contribution in [3.05, 3.63) is 99.0 Å². The number of thiazole rings is 1. The number of hydrogen-bond donors (Lipinski definition) is 0. The fourth-order valence-corrected chi connectivity index (χ4v) is 2.68. The van der Waals surface area contributed by atoms with Gasteiger partial charge in [-0.05, 0) is 78.6 Å². The zero-order valence-electron chi connectivity index (χ0n) is 19.8. The Morgan fingerprint density at radius 1 is 0.452 bits per heavy atom. The third-order valence-electron chi connectivity index (χ3n) is 3.77. The second kappa shape index (κ2) is 14.1. The Morgan fingerprint density at radius 2 is 0.871 bits per heavy atom. The lowest BCUT2D eigenvalue weighted by Crippen LogP contribution is -1.84. The van der Waals surface area contributed by atoms with E-state index in [1.54, 1.807) is 23.7 Å². The van der Waals surface area contributed by atoms with Crippen LogP contribution < -0.4 is 0 Å². The van der Waals surface area contributed by atoms with Gasteiger partial charge in [0.1, 0.15) is 0 Å². The third kappa shape index (κ3) is 13.0. The van der Waals surface area contributed by atoms with E-state index in [9.17, 15) is 0 Å². The van der Waals surface area contributed by atoms with E-state index in [1.807, 2.05) is 79.2 Å². The van der Waals surface area contributed by atoms with Crippen LogP contribution in [0, 0.1) is 55.4 Å². The van der Waals surface area contributed by atoms with Gasteiger partial charge in [-0.25, -0.2) is 4.98 Å². The number of aryl methyl sites for hydroxylation is 8. The minimum Gasteiger partial charge on any atom is -0.261 e. The minimum atomic E-state index is 0.968. The molecule has 0 aliphatic carbocycles. The molecule has 0 saturated carbocycles. The minimum absolute atomic E-state index is 0.968. The van der Waals surface area contributed by atoms with Crippen molar-refractivity contribution in [2.45, 2.75) is 55.4 Å². The Balaban J connectivity index is 0.000000207. The van der Waals surface area contributed by atoms with Crippen LogP contribution in [-0.2, 0) is 0 Å². The zero-order chi connectivity index (χ0) is 23.2. The molecule has 0 unspecified atom stereocenters. The fraction of sp³-hybridized carbons (Fsp3) is 0.320. The van der Waals surface area contributed by atoms with Crippen LogP contribution in [0.15, 0.2) is 55.2 Å². The third-order valence-corrected chi connectivity index (χ3v) is 4.59. The molecule has 0 aliphatic heterocycles. The maximum Gasteiger partial charge on any atom is 0.0896 e. The van der Waals surface area contributed by atoms with Crippen molar-refractivity contribution >= 4 is 11.3 Å². The molecular weight excluding hydrogens is 402 g/mol. The molecule has 0 atom stereocenters. The van der Waals surface area contributed by atoms with Crippen LogP contribution >= 0.6 is 11.3 Å². The number of rotatable bonds is 0. The van der Waals surface area contributed by atoms with Crippen molar-refractivity contribution in [2.75, 3.05) is 0 Å². The van der Waals surface area contributed by atoms with Gasteiger partial charge in [-0.3, -0.25) is 19.9 Å². The maximum absolute atomic E-state index is 4.08. The molecule has 0 saturated heterocycles. The second-order valence-corrected chi connectivity index (χ2v) is 8.68. The summed E-state index contributed by atoms with van der Waals surface area (Å²) >= 11 is 1.73. The molecule has 164 valence electrons. The highest BCUT2D eigenvalue weighted by Crippen LogP contribution is 2.07. The molecule has 0 spiro atoms. The SMILES string of the molecule is Cc1ccc(C)nc1.Cc1ccc(C)nc1.Cc1cnc(C)cn1.Cc1cnc(C)s1. The van der Waals surface area contributed by atoms with Gasteiger partial charge in [-0.15, -0.1) is 11.3 Å². The highest BCUT2D eigenvalue weighted by molar-refractivity contribution is 7.11. The van der Waals surface area contributed by atoms with Gasteiger partial charge >= 0.3 is 0 Å². The standard InChI is InChI=1S/2C7H9N.C6H8N2.C5H7NS/c2*1-6-3-4-7(2)8-5-6;1-5-3-8-6(2)4-7-5;1-4-3-6-5(2)7-4/h2*3-5H,1-2H3;3-4H,1-2H3;3H,1-2H3. The topological polar surface area (TPSA) is 64.5 Å². The highest BCUT2D eigenvalue weighted by Gasteiger charge is 1.86. The van der Waals surface area contributed by atoms with Gasteiger partial charge in [0, 0.05) is 47.2 Å². The van der Waals surface area contributed by atoms with Gasteiger partial charge < -0.3 is 0 Å².